The first-order chi connectivity index (χ1) is 8.25. The molecule has 1 aliphatic rings. The minimum Gasteiger partial charge on any atom is -0.378 e. The van der Waals surface area contributed by atoms with Crippen molar-refractivity contribution >= 4 is 33.2 Å². The Labute approximate surface area is 113 Å². The van der Waals surface area contributed by atoms with Crippen molar-refractivity contribution in [1.82, 2.24) is 10.2 Å². The number of amides is 1. The molecule has 17 heavy (non-hydrogen) atoms. The van der Waals surface area contributed by atoms with Crippen molar-refractivity contribution in [3.8, 4) is 0 Å². The van der Waals surface area contributed by atoms with Crippen LogP contribution < -0.4 is 5.32 Å². The summed E-state index contributed by atoms with van der Waals surface area (Å²) in [5.41, 5.74) is 0. The molecule has 0 aromatic carbocycles. The van der Waals surface area contributed by atoms with Crippen molar-refractivity contribution in [2.24, 2.45) is 0 Å². The lowest BCUT2D eigenvalue weighted by Crippen LogP contribution is -2.44. The lowest BCUT2D eigenvalue weighted by Gasteiger charge is -2.26. The second-order valence-corrected chi connectivity index (χ2v) is 5.74. The molecule has 1 saturated heterocycles. The van der Waals surface area contributed by atoms with Crippen LogP contribution in [0.3, 0.4) is 0 Å². The number of morpholine rings is 1. The summed E-state index contributed by atoms with van der Waals surface area (Å²) < 4.78 is 6.30. The zero-order valence-electron chi connectivity index (χ0n) is 9.45. The van der Waals surface area contributed by atoms with Crippen molar-refractivity contribution in [2.45, 2.75) is 6.54 Å². The Kier molecular flexibility index (Phi) is 4.97. The average molecular weight is 319 g/mol. The number of carbonyl (C=O) groups excluding carboxylic acids is 1. The van der Waals surface area contributed by atoms with Gasteiger partial charge in [0.15, 0.2) is 0 Å². The van der Waals surface area contributed by atoms with Gasteiger partial charge in [-0.3, -0.25) is 4.79 Å². The second kappa shape index (κ2) is 6.49. The number of carbonyl (C=O) groups is 1. The third-order valence-electron chi connectivity index (χ3n) is 2.56. The fourth-order valence-electron chi connectivity index (χ4n) is 1.66. The maximum Gasteiger partial charge on any atom is 0.236 e. The van der Waals surface area contributed by atoms with Gasteiger partial charge in [0.25, 0.3) is 0 Å². The molecule has 2 heterocycles. The molecule has 1 fully saturated rings. The maximum absolute atomic E-state index is 11.8. The number of halogens is 1. The summed E-state index contributed by atoms with van der Waals surface area (Å²) in [6.45, 7) is 3.88. The Balaban J connectivity index is 1.69. The smallest absolute Gasteiger partial charge is 0.236 e. The van der Waals surface area contributed by atoms with Gasteiger partial charge in [0, 0.05) is 34.4 Å². The van der Waals surface area contributed by atoms with E-state index < -0.39 is 0 Å². The molecular formula is C11H15BrN2O2S. The van der Waals surface area contributed by atoms with E-state index in [4.69, 9.17) is 4.74 Å². The van der Waals surface area contributed by atoms with Crippen LogP contribution in [0, 0.1) is 0 Å². The molecule has 0 bridgehead atoms. The predicted octanol–water partition coefficient (Wildman–Crippen LogP) is 1.46. The molecule has 4 nitrogen and oxygen atoms in total. The summed E-state index contributed by atoms with van der Waals surface area (Å²) in [7, 11) is 0. The molecule has 0 spiro atoms. The van der Waals surface area contributed by atoms with Gasteiger partial charge in [0.05, 0.1) is 19.8 Å². The summed E-state index contributed by atoms with van der Waals surface area (Å²) in [6, 6.07) is 2.07. The van der Waals surface area contributed by atoms with Crippen LogP contribution in [0.1, 0.15) is 4.88 Å². The van der Waals surface area contributed by atoms with E-state index >= 15 is 0 Å². The van der Waals surface area contributed by atoms with Gasteiger partial charge >= 0.3 is 0 Å². The van der Waals surface area contributed by atoms with Crippen molar-refractivity contribution in [3.05, 3.63) is 20.8 Å². The fourth-order valence-corrected chi connectivity index (χ4v) is 3.08. The summed E-state index contributed by atoms with van der Waals surface area (Å²) in [4.78, 5) is 14.9. The Morgan fingerprint density at radius 1 is 1.53 bits per heavy atom. The molecule has 94 valence electrons. The molecule has 1 amide bonds. The van der Waals surface area contributed by atoms with Crippen molar-refractivity contribution < 1.29 is 9.53 Å². The Hall–Kier alpha value is -0.430. The maximum atomic E-state index is 11.8. The number of nitrogens with one attached hydrogen (secondary N) is 1. The van der Waals surface area contributed by atoms with Crippen molar-refractivity contribution in [3.63, 3.8) is 0 Å². The standard InChI is InChI=1S/C11H15BrN2O2S/c12-9-5-10(17-8-9)6-13-7-11(15)14-1-3-16-4-2-14/h5,8,13H,1-4,6-7H2. The fraction of sp³-hybridized carbons (Fsp3) is 0.545. The van der Waals surface area contributed by atoms with Gasteiger partial charge in [-0.1, -0.05) is 0 Å². The van der Waals surface area contributed by atoms with E-state index in [1.165, 1.54) is 4.88 Å². The summed E-state index contributed by atoms with van der Waals surface area (Å²) >= 11 is 5.09. The van der Waals surface area contributed by atoms with Crippen LogP contribution in [0.2, 0.25) is 0 Å². The summed E-state index contributed by atoms with van der Waals surface area (Å²) in [5.74, 6) is 0.156. The lowest BCUT2D eigenvalue weighted by molar-refractivity contribution is -0.134. The molecule has 0 radical (unpaired) electrons. The monoisotopic (exact) mass is 318 g/mol. The van der Waals surface area contributed by atoms with Gasteiger partial charge in [-0.15, -0.1) is 11.3 Å². The number of rotatable bonds is 4. The number of ether oxygens (including phenoxy) is 1. The number of hydrogen-bond acceptors (Lipinski definition) is 4. The highest BCUT2D eigenvalue weighted by Gasteiger charge is 2.15. The van der Waals surface area contributed by atoms with Gasteiger partial charge in [-0.2, -0.15) is 0 Å². The van der Waals surface area contributed by atoms with Gasteiger partial charge in [-0.25, -0.2) is 0 Å². The number of hydrogen-bond donors (Lipinski definition) is 1. The zero-order valence-corrected chi connectivity index (χ0v) is 11.8. The zero-order chi connectivity index (χ0) is 12.1. The molecule has 1 N–H and O–H groups in total. The average Bonchev–Trinajstić information content (AvgIpc) is 2.76. The Morgan fingerprint density at radius 3 is 2.94 bits per heavy atom. The summed E-state index contributed by atoms with van der Waals surface area (Å²) in [6.07, 6.45) is 0. The molecular weight excluding hydrogens is 304 g/mol. The van der Waals surface area contributed by atoms with E-state index in [1.54, 1.807) is 11.3 Å². The van der Waals surface area contributed by atoms with E-state index in [0.29, 0.717) is 32.8 Å². The van der Waals surface area contributed by atoms with E-state index in [9.17, 15) is 4.79 Å². The first-order valence-electron chi connectivity index (χ1n) is 5.55. The molecule has 1 aromatic rings. The molecule has 0 atom stereocenters. The molecule has 0 unspecified atom stereocenters. The minimum atomic E-state index is 0.156. The highest BCUT2D eigenvalue weighted by Crippen LogP contribution is 2.19. The molecule has 2 rings (SSSR count). The topological polar surface area (TPSA) is 41.6 Å². The van der Waals surface area contributed by atoms with Gasteiger partial charge < -0.3 is 15.0 Å². The van der Waals surface area contributed by atoms with Crippen LogP contribution in [0.4, 0.5) is 0 Å². The van der Waals surface area contributed by atoms with Gasteiger partial charge in [0.1, 0.15) is 0 Å². The molecule has 0 saturated carbocycles. The van der Waals surface area contributed by atoms with E-state index in [1.807, 2.05) is 10.3 Å². The SMILES string of the molecule is O=C(CNCc1cc(Br)cs1)N1CCOCC1. The van der Waals surface area contributed by atoms with Crippen LogP contribution in [-0.2, 0) is 16.1 Å². The highest BCUT2D eigenvalue weighted by atomic mass is 79.9. The number of nitrogens with zero attached hydrogens (tertiary/aromatic N) is 1. The van der Waals surface area contributed by atoms with Crippen LogP contribution >= 0.6 is 27.3 Å². The van der Waals surface area contributed by atoms with Crippen molar-refractivity contribution in [1.29, 1.82) is 0 Å². The number of thiophene rings is 1. The van der Waals surface area contributed by atoms with Crippen LogP contribution in [0.25, 0.3) is 0 Å². The van der Waals surface area contributed by atoms with Gasteiger partial charge in [-0.05, 0) is 22.0 Å². The quantitative estimate of drug-likeness (QED) is 0.914. The lowest BCUT2D eigenvalue weighted by atomic mass is 10.4. The summed E-state index contributed by atoms with van der Waals surface area (Å²) in [5, 5.41) is 5.21. The third kappa shape index (κ3) is 4.06. The molecule has 1 aliphatic heterocycles. The predicted molar refractivity (Wildman–Crippen MR) is 71.1 cm³/mol. The van der Waals surface area contributed by atoms with E-state index in [2.05, 4.69) is 27.3 Å². The third-order valence-corrected chi connectivity index (χ3v) is 4.26. The molecule has 1 aromatic heterocycles. The van der Waals surface area contributed by atoms with E-state index in [-0.39, 0.29) is 5.91 Å². The normalized spacial score (nSPS) is 16.2. The largest absolute Gasteiger partial charge is 0.378 e. The Bertz CT molecular complexity index is 377. The first-order valence-corrected chi connectivity index (χ1v) is 7.22. The van der Waals surface area contributed by atoms with E-state index in [0.717, 1.165) is 11.0 Å². The van der Waals surface area contributed by atoms with Crippen molar-refractivity contribution in [2.75, 3.05) is 32.8 Å². The molecule has 0 aliphatic carbocycles. The first kappa shape index (κ1) is 13.0. The van der Waals surface area contributed by atoms with Crippen LogP contribution in [0.5, 0.6) is 0 Å². The second-order valence-electron chi connectivity index (χ2n) is 3.83. The Morgan fingerprint density at radius 2 is 2.29 bits per heavy atom. The van der Waals surface area contributed by atoms with Crippen LogP contribution in [0.15, 0.2) is 15.9 Å². The van der Waals surface area contributed by atoms with Gasteiger partial charge in [0.2, 0.25) is 5.91 Å². The van der Waals surface area contributed by atoms with Crippen LogP contribution in [-0.4, -0.2) is 43.7 Å². The molecule has 6 heteroatoms. The minimum absolute atomic E-state index is 0.156. The highest BCUT2D eigenvalue weighted by molar-refractivity contribution is 9.10.